The molecule has 4 rings (SSSR count). The van der Waals surface area contributed by atoms with Gasteiger partial charge in [0.2, 0.25) is 5.91 Å². The number of nitrogens with one attached hydrogen (secondary N) is 1. The second-order valence-corrected chi connectivity index (χ2v) is 8.14. The fourth-order valence-electron chi connectivity index (χ4n) is 3.47. The fraction of sp³-hybridized carbons (Fsp3) is 0.286. The molecule has 0 unspecified atom stereocenters. The lowest BCUT2D eigenvalue weighted by Gasteiger charge is -2.31. The molecular formula is C21H20N6O3S. The maximum atomic E-state index is 12.7. The van der Waals surface area contributed by atoms with Crippen LogP contribution in [0, 0.1) is 17.2 Å². The summed E-state index contributed by atoms with van der Waals surface area (Å²) in [5.41, 5.74) is 7.91. The van der Waals surface area contributed by atoms with E-state index >= 15 is 0 Å². The Hall–Kier alpha value is -3.71. The van der Waals surface area contributed by atoms with Gasteiger partial charge in [-0.3, -0.25) is 9.59 Å². The van der Waals surface area contributed by atoms with Crippen LogP contribution in [0.4, 0.5) is 6.01 Å². The third kappa shape index (κ3) is 4.73. The molecule has 9 nitrogen and oxygen atoms in total. The second-order valence-electron chi connectivity index (χ2n) is 7.19. The van der Waals surface area contributed by atoms with E-state index in [-0.39, 0.29) is 29.4 Å². The van der Waals surface area contributed by atoms with Gasteiger partial charge in [0, 0.05) is 24.0 Å². The number of carbonyl (C=O) groups excluding carboxylic acids is 2. The SMILES string of the molecule is N#Cc1ccc(-c2csc(CNC(=O)[C@H]3CCCN(C(=O)c4coc(N)n4)C3)n2)cc1. The van der Waals surface area contributed by atoms with Gasteiger partial charge in [0.25, 0.3) is 11.9 Å². The summed E-state index contributed by atoms with van der Waals surface area (Å²) in [6, 6.07) is 9.24. The van der Waals surface area contributed by atoms with Gasteiger partial charge in [-0.15, -0.1) is 11.3 Å². The Morgan fingerprint density at radius 2 is 2.13 bits per heavy atom. The monoisotopic (exact) mass is 436 g/mol. The van der Waals surface area contributed by atoms with Crippen LogP contribution in [0.1, 0.15) is 33.9 Å². The van der Waals surface area contributed by atoms with E-state index in [0.29, 0.717) is 31.6 Å². The van der Waals surface area contributed by atoms with Crippen LogP contribution in [0.5, 0.6) is 0 Å². The van der Waals surface area contributed by atoms with E-state index < -0.39 is 0 Å². The Balaban J connectivity index is 1.33. The first-order chi connectivity index (χ1) is 15.0. The predicted octanol–water partition coefficient (Wildman–Crippen LogP) is 2.42. The number of benzene rings is 1. The molecule has 1 fully saturated rings. The van der Waals surface area contributed by atoms with Crippen molar-refractivity contribution in [3.63, 3.8) is 0 Å². The highest BCUT2D eigenvalue weighted by Gasteiger charge is 2.30. The molecule has 10 heteroatoms. The highest BCUT2D eigenvalue weighted by molar-refractivity contribution is 7.09. The third-order valence-electron chi connectivity index (χ3n) is 5.10. The zero-order valence-corrected chi connectivity index (χ0v) is 17.4. The van der Waals surface area contributed by atoms with E-state index in [9.17, 15) is 9.59 Å². The molecule has 3 aromatic rings. The molecule has 1 aliphatic rings. The van der Waals surface area contributed by atoms with Crippen LogP contribution in [-0.2, 0) is 11.3 Å². The van der Waals surface area contributed by atoms with Crippen molar-refractivity contribution in [1.82, 2.24) is 20.2 Å². The standard InChI is InChI=1S/C21H20N6O3S/c22-8-13-3-5-14(6-4-13)17-12-31-18(25-17)9-24-19(28)15-2-1-7-27(10-15)20(29)16-11-30-21(23)26-16/h3-6,11-12,15H,1-2,7,9-10H2,(H2,23,26)(H,24,28)/t15-/m0/s1. The number of amides is 2. The minimum Gasteiger partial charge on any atom is -0.431 e. The van der Waals surface area contributed by atoms with Gasteiger partial charge >= 0.3 is 0 Å². The summed E-state index contributed by atoms with van der Waals surface area (Å²) in [4.78, 5) is 35.2. The molecule has 31 heavy (non-hydrogen) atoms. The summed E-state index contributed by atoms with van der Waals surface area (Å²) in [5, 5.41) is 14.5. The Labute approximate surface area is 182 Å². The molecule has 3 heterocycles. The first-order valence-electron chi connectivity index (χ1n) is 9.76. The van der Waals surface area contributed by atoms with Crippen molar-refractivity contribution in [2.24, 2.45) is 5.92 Å². The number of piperidine rings is 1. The molecule has 0 aliphatic carbocycles. The number of likely N-dealkylation sites (tertiary alicyclic amines) is 1. The first-order valence-corrected chi connectivity index (χ1v) is 10.6. The lowest BCUT2D eigenvalue weighted by molar-refractivity contribution is -0.126. The molecule has 0 saturated carbocycles. The Morgan fingerprint density at radius 3 is 2.84 bits per heavy atom. The number of thiazole rings is 1. The molecular weight excluding hydrogens is 416 g/mol. The molecule has 2 aromatic heterocycles. The molecule has 1 saturated heterocycles. The van der Waals surface area contributed by atoms with Crippen molar-refractivity contribution in [2.45, 2.75) is 19.4 Å². The summed E-state index contributed by atoms with van der Waals surface area (Å²) >= 11 is 1.46. The number of rotatable bonds is 5. The van der Waals surface area contributed by atoms with Crippen LogP contribution in [0.15, 0.2) is 40.3 Å². The highest BCUT2D eigenvalue weighted by atomic mass is 32.1. The molecule has 1 aliphatic heterocycles. The normalized spacial score (nSPS) is 16.0. The summed E-state index contributed by atoms with van der Waals surface area (Å²) < 4.78 is 4.90. The molecule has 1 aromatic carbocycles. The van der Waals surface area contributed by atoms with Crippen LogP contribution >= 0.6 is 11.3 Å². The number of nitrogens with zero attached hydrogens (tertiary/aromatic N) is 4. The molecule has 0 bridgehead atoms. The molecule has 3 N–H and O–H groups in total. The van der Waals surface area contributed by atoms with Gasteiger partial charge < -0.3 is 20.4 Å². The number of nitrogens with two attached hydrogens (primary N) is 1. The van der Waals surface area contributed by atoms with E-state index in [1.54, 1.807) is 17.0 Å². The molecule has 0 spiro atoms. The highest BCUT2D eigenvalue weighted by Crippen LogP contribution is 2.23. The number of hydrogen-bond donors (Lipinski definition) is 2. The van der Waals surface area contributed by atoms with Crippen molar-refractivity contribution in [2.75, 3.05) is 18.8 Å². The van der Waals surface area contributed by atoms with E-state index in [1.807, 2.05) is 17.5 Å². The lowest BCUT2D eigenvalue weighted by Crippen LogP contribution is -2.45. The largest absolute Gasteiger partial charge is 0.431 e. The Bertz CT molecular complexity index is 1130. The van der Waals surface area contributed by atoms with E-state index in [1.165, 1.54) is 17.6 Å². The number of anilines is 1. The predicted molar refractivity (Wildman–Crippen MR) is 114 cm³/mol. The van der Waals surface area contributed by atoms with E-state index in [4.69, 9.17) is 15.4 Å². The van der Waals surface area contributed by atoms with Gasteiger partial charge in [-0.2, -0.15) is 10.2 Å². The molecule has 0 radical (unpaired) electrons. The van der Waals surface area contributed by atoms with Gasteiger partial charge in [-0.25, -0.2) is 4.98 Å². The Kier molecular flexibility index (Phi) is 5.95. The van der Waals surface area contributed by atoms with E-state index in [2.05, 4.69) is 21.4 Å². The van der Waals surface area contributed by atoms with Gasteiger partial charge in [0.05, 0.1) is 29.8 Å². The summed E-state index contributed by atoms with van der Waals surface area (Å²) in [7, 11) is 0. The second kappa shape index (κ2) is 8.97. The zero-order chi connectivity index (χ0) is 21.8. The van der Waals surface area contributed by atoms with Gasteiger partial charge in [0.1, 0.15) is 11.3 Å². The lowest BCUT2D eigenvalue weighted by atomic mass is 9.97. The zero-order valence-electron chi connectivity index (χ0n) is 16.6. The average molecular weight is 436 g/mol. The number of nitrogen functional groups attached to an aromatic ring is 1. The topological polar surface area (TPSA) is 138 Å². The number of nitriles is 1. The number of oxazole rings is 1. The maximum Gasteiger partial charge on any atom is 0.292 e. The third-order valence-corrected chi connectivity index (χ3v) is 5.94. The molecule has 2 amide bonds. The Morgan fingerprint density at radius 1 is 1.32 bits per heavy atom. The van der Waals surface area contributed by atoms with Crippen molar-refractivity contribution in [3.8, 4) is 17.3 Å². The minimum atomic E-state index is -0.292. The van der Waals surface area contributed by atoms with Crippen molar-refractivity contribution < 1.29 is 14.0 Å². The van der Waals surface area contributed by atoms with Crippen LogP contribution in [-0.4, -0.2) is 39.8 Å². The van der Waals surface area contributed by atoms with Crippen LogP contribution < -0.4 is 11.1 Å². The summed E-state index contributed by atoms with van der Waals surface area (Å²) in [5.74, 6) is -0.683. The van der Waals surface area contributed by atoms with E-state index in [0.717, 1.165) is 22.7 Å². The van der Waals surface area contributed by atoms with Crippen molar-refractivity contribution in [3.05, 3.63) is 52.2 Å². The smallest absolute Gasteiger partial charge is 0.292 e. The maximum absolute atomic E-state index is 12.7. The van der Waals surface area contributed by atoms with Crippen LogP contribution in [0.25, 0.3) is 11.3 Å². The molecule has 1 atom stereocenters. The average Bonchev–Trinajstić information content (AvgIpc) is 3.46. The number of carbonyl (C=O) groups is 2. The number of aromatic nitrogens is 2. The number of hydrogen-bond acceptors (Lipinski definition) is 8. The van der Waals surface area contributed by atoms with Crippen molar-refractivity contribution in [1.29, 1.82) is 5.26 Å². The fourth-order valence-corrected chi connectivity index (χ4v) is 4.21. The first kappa shape index (κ1) is 20.6. The van der Waals surface area contributed by atoms with Gasteiger partial charge in [0.15, 0.2) is 5.69 Å². The summed E-state index contributed by atoms with van der Waals surface area (Å²) in [6.45, 7) is 1.21. The van der Waals surface area contributed by atoms with Crippen molar-refractivity contribution >= 4 is 29.2 Å². The van der Waals surface area contributed by atoms with Gasteiger partial charge in [-0.05, 0) is 25.0 Å². The quantitative estimate of drug-likeness (QED) is 0.626. The molecule has 158 valence electrons. The van der Waals surface area contributed by atoms with Crippen LogP contribution in [0.3, 0.4) is 0 Å². The minimum absolute atomic E-state index is 0.0570. The van der Waals surface area contributed by atoms with Gasteiger partial charge in [-0.1, -0.05) is 12.1 Å². The summed E-state index contributed by atoms with van der Waals surface area (Å²) in [6.07, 6.45) is 2.68. The van der Waals surface area contributed by atoms with Crippen LogP contribution in [0.2, 0.25) is 0 Å².